The third-order valence-electron chi connectivity index (χ3n) is 4.57. The summed E-state index contributed by atoms with van der Waals surface area (Å²) in [5, 5.41) is 8.27. The van der Waals surface area contributed by atoms with E-state index in [-0.39, 0.29) is 29.3 Å². The van der Waals surface area contributed by atoms with E-state index < -0.39 is 7.59 Å². The van der Waals surface area contributed by atoms with Crippen molar-refractivity contribution in [2.45, 2.75) is 7.59 Å². The van der Waals surface area contributed by atoms with E-state index in [0.29, 0.717) is 28.2 Å². The van der Waals surface area contributed by atoms with Gasteiger partial charge in [-0.3, -0.25) is 0 Å². The molecule has 2 heterocycles. The molecule has 4 aromatic rings. The van der Waals surface area contributed by atoms with Crippen molar-refractivity contribution in [3.63, 3.8) is 0 Å². The molecule has 0 unspecified atom stereocenters. The monoisotopic (exact) mass is 593 g/mol. The number of alkyl halides is 6. The zero-order chi connectivity index (χ0) is 25.4. The fraction of sp³-hybridized carbons (Fsp3) is 0.190. The molecule has 0 aliphatic rings. The molecule has 0 saturated carbocycles. The number of nitrogens with zero attached hydrogens (tertiary/aromatic N) is 5. The second kappa shape index (κ2) is 10.1. The summed E-state index contributed by atoms with van der Waals surface area (Å²) in [7, 11) is 3.09. The van der Waals surface area contributed by atoms with Crippen molar-refractivity contribution < 1.29 is 13.9 Å². The van der Waals surface area contributed by atoms with E-state index in [1.165, 1.54) is 7.11 Å². The van der Waals surface area contributed by atoms with Gasteiger partial charge in [0.05, 0.1) is 14.2 Å². The highest BCUT2D eigenvalue weighted by Crippen LogP contribution is 2.41. The summed E-state index contributed by atoms with van der Waals surface area (Å²) in [4.78, 5) is 12.4. The van der Waals surface area contributed by atoms with Gasteiger partial charge in [-0.2, -0.15) is 0 Å². The van der Waals surface area contributed by atoms with Crippen LogP contribution in [0, 0.1) is 0 Å². The predicted molar refractivity (Wildman–Crippen MR) is 136 cm³/mol. The molecule has 0 atom stereocenters. The summed E-state index contributed by atoms with van der Waals surface area (Å²) in [6.45, 7) is 0. The van der Waals surface area contributed by atoms with Gasteiger partial charge in [0.2, 0.25) is 19.4 Å². The SMILES string of the molecule is COc1ccc(-c2nnc(-c3cccc(-c4nc(C(Cl)(Cl)Cl)nc(C(Cl)(Cl)Cl)n4)c3)o2)cc1OC. The van der Waals surface area contributed by atoms with E-state index in [1.807, 2.05) is 0 Å². The molecule has 0 amide bonds. The van der Waals surface area contributed by atoms with Gasteiger partial charge in [0.25, 0.3) is 0 Å². The molecule has 0 fully saturated rings. The van der Waals surface area contributed by atoms with Crippen molar-refractivity contribution in [3.05, 3.63) is 54.1 Å². The first-order valence-corrected chi connectivity index (χ1v) is 11.8. The zero-order valence-electron chi connectivity index (χ0n) is 17.8. The second-order valence-corrected chi connectivity index (χ2v) is 11.4. The van der Waals surface area contributed by atoms with E-state index in [4.69, 9.17) is 83.5 Å². The molecule has 14 heteroatoms. The highest BCUT2D eigenvalue weighted by Gasteiger charge is 2.34. The maximum Gasteiger partial charge on any atom is 0.250 e. The van der Waals surface area contributed by atoms with Crippen LogP contribution in [0.3, 0.4) is 0 Å². The molecule has 0 radical (unpaired) electrons. The van der Waals surface area contributed by atoms with Gasteiger partial charge in [0.15, 0.2) is 29.0 Å². The van der Waals surface area contributed by atoms with Crippen LogP contribution in [-0.4, -0.2) is 39.4 Å². The average molecular weight is 596 g/mol. The average Bonchev–Trinajstić information content (AvgIpc) is 3.33. The van der Waals surface area contributed by atoms with E-state index in [0.717, 1.165) is 0 Å². The van der Waals surface area contributed by atoms with E-state index >= 15 is 0 Å². The Kier molecular flexibility index (Phi) is 7.52. The standard InChI is InChI=1S/C21H13Cl6N5O3/c1-33-13-7-6-12(9-14(13)34-2)17-32-31-16(35-17)11-5-3-4-10(8-11)15-28-18(20(22,23)24)30-19(29-15)21(25,26)27/h3-9H,1-2H3. The molecule has 2 aromatic carbocycles. The van der Waals surface area contributed by atoms with E-state index in [2.05, 4.69) is 25.1 Å². The van der Waals surface area contributed by atoms with Crippen LogP contribution >= 0.6 is 69.6 Å². The Hall–Kier alpha value is -2.07. The first-order valence-electron chi connectivity index (χ1n) is 9.57. The topological polar surface area (TPSA) is 96.1 Å². The first-order chi connectivity index (χ1) is 16.5. The van der Waals surface area contributed by atoms with Crippen LogP contribution in [0.4, 0.5) is 0 Å². The molecular weight excluding hydrogens is 583 g/mol. The zero-order valence-corrected chi connectivity index (χ0v) is 22.3. The number of benzene rings is 2. The number of aromatic nitrogens is 5. The molecule has 2 aromatic heterocycles. The lowest BCUT2D eigenvalue weighted by molar-refractivity contribution is 0.355. The minimum atomic E-state index is -1.97. The second-order valence-electron chi connectivity index (χ2n) is 6.86. The molecule has 0 N–H and O–H groups in total. The van der Waals surface area contributed by atoms with Gasteiger partial charge in [-0.25, -0.2) is 15.0 Å². The Balaban J connectivity index is 1.73. The Labute approximate surface area is 229 Å². The normalized spacial score (nSPS) is 12.0. The summed E-state index contributed by atoms with van der Waals surface area (Å²) in [5.41, 5.74) is 1.73. The van der Waals surface area contributed by atoms with E-state index in [1.54, 1.807) is 49.6 Å². The number of ether oxygens (including phenoxy) is 2. The molecule has 8 nitrogen and oxygen atoms in total. The number of hydrogen-bond donors (Lipinski definition) is 0. The Morgan fingerprint density at radius 2 is 1.20 bits per heavy atom. The minimum Gasteiger partial charge on any atom is -0.493 e. The molecular formula is C21H13Cl6N5O3. The van der Waals surface area contributed by atoms with Crippen LogP contribution in [0.2, 0.25) is 0 Å². The van der Waals surface area contributed by atoms with Crippen LogP contribution in [0.1, 0.15) is 11.6 Å². The molecule has 182 valence electrons. The third-order valence-corrected chi connectivity index (χ3v) is 5.58. The molecule has 0 spiro atoms. The lowest BCUT2D eigenvalue weighted by Crippen LogP contribution is -2.16. The van der Waals surface area contributed by atoms with Crippen LogP contribution in [0.25, 0.3) is 34.3 Å². The van der Waals surface area contributed by atoms with Crippen LogP contribution in [-0.2, 0) is 7.59 Å². The summed E-state index contributed by atoms with van der Waals surface area (Å²) >= 11 is 35.8. The fourth-order valence-corrected chi connectivity index (χ4v) is 3.48. The van der Waals surface area contributed by atoms with Crippen LogP contribution in [0.15, 0.2) is 46.9 Å². The van der Waals surface area contributed by atoms with Crippen LogP contribution in [0.5, 0.6) is 11.5 Å². The van der Waals surface area contributed by atoms with Crippen molar-refractivity contribution >= 4 is 69.6 Å². The lowest BCUT2D eigenvalue weighted by atomic mass is 10.1. The van der Waals surface area contributed by atoms with Crippen molar-refractivity contribution in [1.82, 2.24) is 25.1 Å². The van der Waals surface area contributed by atoms with Gasteiger partial charge in [0, 0.05) is 16.7 Å². The number of hydrogen-bond acceptors (Lipinski definition) is 8. The molecule has 0 aliphatic heterocycles. The van der Waals surface area contributed by atoms with Gasteiger partial charge >= 0.3 is 0 Å². The summed E-state index contributed by atoms with van der Waals surface area (Å²) < 4.78 is 12.5. The molecule has 0 aliphatic carbocycles. The Morgan fingerprint density at radius 1 is 0.657 bits per heavy atom. The summed E-state index contributed by atoms with van der Waals surface area (Å²) in [6, 6.07) is 12.2. The largest absolute Gasteiger partial charge is 0.493 e. The van der Waals surface area contributed by atoms with Crippen molar-refractivity contribution in [2.24, 2.45) is 0 Å². The molecule has 4 rings (SSSR count). The maximum absolute atomic E-state index is 5.97. The number of halogens is 6. The van der Waals surface area contributed by atoms with Gasteiger partial charge < -0.3 is 13.9 Å². The number of rotatable bonds is 5. The lowest BCUT2D eigenvalue weighted by Gasteiger charge is -2.15. The predicted octanol–water partition coefficient (Wildman–Crippen LogP) is 6.93. The fourth-order valence-electron chi connectivity index (χ4n) is 2.98. The number of methoxy groups -OCH3 is 2. The molecule has 35 heavy (non-hydrogen) atoms. The molecule has 0 saturated heterocycles. The van der Waals surface area contributed by atoms with Gasteiger partial charge in [-0.15, -0.1) is 10.2 Å². The third kappa shape index (κ3) is 5.85. The van der Waals surface area contributed by atoms with Crippen LogP contribution < -0.4 is 9.47 Å². The molecule has 0 bridgehead atoms. The van der Waals surface area contributed by atoms with Crippen molar-refractivity contribution in [3.8, 4) is 45.8 Å². The smallest absolute Gasteiger partial charge is 0.250 e. The Bertz CT molecular complexity index is 1340. The first kappa shape index (κ1) is 26.0. The van der Waals surface area contributed by atoms with Gasteiger partial charge in [0.1, 0.15) is 0 Å². The summed E-state index contributed by atoms with van der Waals surface area (Å²) in [5.74, 6) is 1.34. The summed E-state index contributed by atoms with van der Waals surface area (Å²) in [6.07, 6.45) is 0. The Morgan fingerprint density at radius 3 is 1.74 bits per heavy atom. The van der Waals surface area contributed by atoms with Gasteiger partial charge in [-0.05, 0) is 30.3 Å². The maximum atomic E-state index is 5.97. The highest BCUT2D eigenvalue weighted by atomic mass is 35.6. The highest BCUT2D eigenvalue weighted by molar-refractivity contribution is 6.67. The van der Waals surface area contributed by atoms with E-state index in [9.17, 15) is 0 Å². The van der Waals surface area contributed by atoms with Gasteiger partial charge in [-0.1, -0.05) is 81.7 Å². The van der Waals surface area contributed by atoms with Crippen molar-refractivity contribution in [2.75, 3.05) is 14.2 Å². The van der Waals surface area contributed by atoms with Crippen molar-refractivity contribution in [1.29, 1.82) is 0 Å². The minimum absolute atomic E-state index is 0.115. The quantitative estimate of drug-likeness (QED) is 0.229.